The molecule has 0 atom stereocenters. The molecule has 1 saturated heterocycles. The molecule has 0 radical (unpaired) electrons. The molecule has 4 heteroatoms. The summed E-state index contributed by atoms with van der Waals surface area (Å²) in [7, 11) is 0. The Kier molecular flexibility index (Phi) is 4.72. The standard InChI is InChI=1S/C13H16FN3/c1-10(12(8-15)9-16)13(7-14)11(2)17-5-3-4-6-17/h3-7H2,1-2H3/b13-11+. The Balaban J connectivity index is 3.14. The molecule has 90 valence electrons. The van der Waals surface area contributed by atoms with Gasteiger partial charge in [0, 0.05) is 24.4 Å². The van der Waals surface area contributed by atoms with Gasteiger partial charge in [-0.3, -0.25) is 0 Å². The van der Waals surface area contributed by atoms with Crippen molar-refractivity contribution in [1.29, 1.82) is 10.5 Å². The van der Waals surface area contributed by atoms with Gasteiger partial charge in [-0.25, -0.2) is 4.39 Å². The normalized spacial score (nSPS) is 15.9. The molecule has 0 aliphatic carbocycles. The lowest BCUT2D eigenvalue weighted by molar-refractivity contribution is 0.414. The number of likely N-dealkylation sites (tertiary alicyclic amines) is 1. The van der Waals surface area contributed by atoms with Crippen LogP contribution < -0.4 is 0 Å². The lowest BCUT2D eigenvalue weighted by atomic mass is 10.0. The number of nitriles is 2. The fourth-order valence-electron chi connectivity index (χ4n) is 2.06. The van der Waals surface area contributed by atoms with Crippen molar-refractivity contribution < 1.29 is 4.39 Å². The maximum absolute atomic E-state index is 13.1. The van der Waals surface area contributed by atoms with Crippen molar-refractivity contribution in [2.75, 3.05) is 19.8 Å². The average Bonchev–Trinajstić information content (AvgIpc) is 2.85. The number of hydrogen-bond acceptors (Lipinski definition) is 3. The predicted molar refractivity (Wildman–Crippen MR) is 63.4 cm³/mol. The van der Waals surface area contributed by atoms with Crippen LogP contribution in [0.25, 0.3) is 0 Å². The number of allylic oxidation sites excluding steroid dienone is 4. The maximum atomic E-state index is 13.1. The zero-order valence-electron chi connectivity index (χ0n) is 10.3. The van der Waals surface area contributed by atoms with Gasteiger partial charge in [-0.05, 0) is 32.3 Å². The Morgan fingerprint density at radius 3 is 2.12 bits per heavy atom. The first-order valence-electron chi connectivity index (χ1n) is 5.67. The molecule has 0 aromatic rings. The molecule has 3 nitrogen and oxygen atoms in total. The molecule has 0 aromatic carbocycles. The molecule has 1 aliphatic rings. The topological polar surface area (TPSA) is 50.8 Å². The summed E-state index contributed by atoms with van der Waals surface area (Å²) in [4.78, 5) is 2.12. The highest BCUT2D eigenvalue weighted by atomic mass is 19.1. The zero-order chi connectivity index (χ0) is 12.8. The van der Waals surface area contributed by atoms with Crippen LogP contribution in [0.15, 0.2) is 22.4 Å². The molecule has 0 amide bonds. The van der Waals surface area contributed by atoms with Crippen LogP contribution >= 0.6 is 0 Å². The van der Waals surface area contributed by atoms with Gasteiger partial charge in [0.15, 0.2) is 0 Å². The first kappa shape index (κ1) is 13.3. The summed E-state index contributed by atoms with van der Waals surface area (Å²) < 4.78 is 13.1. The van der Waals surface area contributed by atoms with E-state index in [1.54, 1.807) is 6.92 Å². The van der Waals surface area contributed by atoms with E-state index in [-0.39, 0.29) is 5.57 Å². The molecule has 0 bridgehead atoms. The number of halogens is 1. The SMILES string of the molecule is CC(=C(C#N)C#N)/C(CF)=C(\C)N1CCCC1. The smallest absolute Gasteiger partial charge is 0.133 e. The quantitative estimate of drug-likeness (QED) is 0.556. The molecule has 1 fully saturated rings. The van der Waals surface area contributed by atoms with Gasteiger partial charge in [0.2, 0.25) is 0 Å². The second-order valence-electron chi connectivity index (χ2n) is 4.12. The molecule has 0 aromatic heterocycles. The molecule has 0 unspecified atom stereocenters. The van der Waals surface area contributed by atoms with E-state index in [1.165, 1.54) is 0 Å². The number of nitrogens with zero attached hydrogens (tertiary/aromatic N) is 3. The van der Waals surface area contributed by atoms with Crippen LogP contribution in [0, 0.1) is 22.7 Å². The third kappa shape index (κ3) is 2.85. The minimum absolute atomic E-state index is 0.00352. The van der Waals surface area contributed by atoms with Crippen molar-refractivity contribution in [3.05, 3.63) is 22.4 Å². The average molecular weight is 233 g/mol. The van der Waals surface area contributed by atoms with E-state index in [2.05, 4.69) is 4.90 Å². The summed E-state index contributed by atoms with van der Waals surface area (Å²) >= 11 is 0. The molecular weight excluding hydrogens is 217 g/mol. The number of rotatable bonds is 3. The first-order chi connectivity index (χ1) is 8.15. The van der Waals surface area contributed by atoms with Gasteiger partial charge in [0.25, 0.3) is 0 Å². The third-order valence-electron chi connectivity index (χ3n) is 3.20. The molecule has 0 saturated carbocycles. The zero-order valence-corrected chi connectivity index (χ0v) is 10.3. The second-order valence-corrected chi connectivity index (χ2v) is 4.12. The van der Waals surface area contributed by atoms with E-state index < -0.39 is 6.67 Å². The monoisotopic (exact) mass is 233 g/mol. The molecular formula is C13H16FN3. The highest BCUT2D eigenvalue weighted by Gasteiger charge is 2.17. The molecule has 1 aliphatic heterocycles. The Bertz CT molecular complexity index is 413. The van der Waals surface area contributed by atoms with E-state index in [0.29, 0.717) is 11.1 Å². The van der Waals surface area contributed by atoms with E-state index in [0.717, 1.165) is 31.6 Å². The Morgan fingerprint density at radius 2 is 1.71 bits per heavy atom. The molecule has 17 heavy (non-hydrogen) atoms. The summed E-state index contributed by atoms with van der Waals surface area (Å²) in [6.07, 6.45) is 2.23. The van der Waals surface area contributed by atoms with Gasteiger partial charge in [0.1, 0.15) is 24.4 Å². The third-order valence-corrected chi connectivity index (χ3v) is 3.20. The van der Waals surface area contributed by atoms with Crippen LogP contribution in [0.1, 0.15) is 26.7 Å². The number of hydrogen-bond donors (Lipinski definition) is 0. The van der Waals surface area contributed by atoms with Crippen molar-refractivity contribution in [3.8, 4) is 12.1 Å². The van der Waals surface area contributed by atoms with Crippen LogP contribution in [0.2, 0.25) is 0 Å². The Labute approximate surface area is 101 Å². The molecule has 1 rings (SSSR count). The van der Waals surface area contributed by atoms with E-state index in [9.17, 15) is 4.39 Å². The minimum atomic E-state index is -0.638. The van der Waals surface area contributed by atoms with Crippen LogP contribution in [-0.2, 0) is 0 Å². The second kappa shape index (κ2) is 6.06. The fourth-order valence-corrected chi connectivity index (χ4v) is 2.06. The van der Waals surface area contributed by atoms with Crippen molar-refractivity contribution in [2.24, 2.45) is 0 Å². The van der Waals surface area contributed by atoms with Crippen molar-refractivity contribution in [1.82, 2.24) is 4.90 Å². The van der Waals surface area contributed by atoms with Crippen molar-refractivity contribution >= 4 is 0 Å². The van der Waals surface area contributed by atoms with Gasteiger partial charge in [-0.1, -0.05) is 0 Å². The maximum Gasteiger partial charge on any atom is 0.133 e. The lowest BCUT2D eigenvalue weighted by Gasteiger charge is -2.21. The van der Waals surface area contributed by atoms with Crippen molar-refractivity contribution in [3.63, 3.8) is 0 Å². The summed E-state index contributed by atoms with van der Waals surface area (Å²) in [6.45, 7) is 4.71. The number of alkyl halides is 1. The van der Waals surface area contributed by atoms with Crippen LogP contribution in [0.4, 0.5) is 4.39 Å². The summed E-state index contributed by atoms with van der Waals surface area (Å²) in [5.41, 5.74) is 1.79. The Morgan fingerprint density at radius 1 is 1.18 bits per heavy atom. The highest BCUT2D eigenvalue weighted by molar-refractivity contribution is 5.49. The lowest BCUT2D eigenvalue weighted by Crippen LogP contribution is -2.19. The van der Waals surface area contributed by atoms with Gasteiger partial charge < -0.3 is 4.90 Å². The predicted octanol–water partition coefficient (Wildman–Crippen LogP) is 2.69. The highest BCUT2D eigenvalue weighted by Crippen LogP contribution is 2.23. The van der Waals surface area contributed by atoms with Gasteiger partial charge in [0.05, 0.1) is 0 Å². The van der Waals surface area contributed by atoms with Crippen LogP contribution in [-0.4, -0.2) is 24.7 Å². The fraction of sp³-hybridized carbons (Fsp3) is 0.538. The van der Waals surface area contributed by atoms with Gasteiger partial charge >= 0.3 is 0 Å². The summed E-state index contributed by atoms with van der Waals surface area (Å²) in [6, 6.07) is 3.62. The molecule has 0 N–H and O–H groups in total. The first-order valence-corrected chi connectivity index (χ1v) is 5.67. The van der Waals surface area contributed by atoms with Crippen LogP contribution in [0.5, 0.6) is 0 Å². The van der Waals surface area contributed by atoms with Gasteiger partial charge in [-0.2, -0.15) is 10.5 Å². The van der Waals surface area contributed by atoms with Crippen LogP contribution in [0.3, 0.4) is 0 Å². The van der Waals surface area contributed by atoms with E-state index >= 15 is 0 Å². The molecule has 1 heterocycles. The van der Waals surface area contributed by atoms with E-state index in [4.69, 9.17) is 10.5 Å². The minimum Gasteiger partial charge on any atom is -0.375 e. The van der Waals surface area contributed by atoms with E-state index in [1.807, 2.05) is 19.1 Å². The summed E-state index contributed by atoms with van der Waals surface area (Å²) in [5.74, 6) is 0. The Hall–Kier alpha value is -1.81. The van der Waals surface area contributed by atoms with Crippen molar-refractivity contribution in [2.45, 2.75) is 26.7 Å². The summed E-state index contributed by atoms with van der Waals surface area (Å²) in [5, 5.41) is 17.6. The largest absolute Gasteiger partial charge is 0.375 e. The molecule has 0 spiro atoms. The van der Waals surface area contributed by atoms with Gasteiger partial charge in [-0.15, -0.1) is 0 Å².